The standard InChI is InChI=1S/C4H4N2S3/c5-3(7)9-4-6-1-2-8-4/h1-2H,(H2,5,7). The van der Waals surface area contributed by atoms with E-state index in [-0.39, 0.29) is 0 Å². The van der Waals surface area contributed by atoms with Crippen LogP contribution in [-0.4, -0.2) is 9.30 Å². The summed E-state index contributed by atoms with van der Waals surface area (Å²) in [5, 5.41) is 1.89. The predicted octanol–water partition coefficient (Wildman–Crippen LogP) is 1.48. The first-order valence-corrected chi connectivity index (χ1v) is 4.26. The van der Waals surface area contributed by atoms with Gasteiger partial charge in [-0.25, -0.2) is 4.98 Å². The molecule has 0 aromatic carbocycles. The number of nitrogens with zero attached hydrogens (tertiary/aromatic N) is 1. The highest BCUT2D eigenvalue weighted by Crippen LogP contribution is 2.19. The molecule has 48 valence electrons. The van der Waals surface area contributed by atoms with Gasteiger partial charge in [0.15, 0.2) is 4.34 Å². The monoisotopic (exact) mass is 176 g/mol. The van der Waals surface area contributed by atoms with Crippen LogP contribution in [0.15, 0.2) is 15.9 Å². The van der Waals surface area contributed by atoms with Gasteiger partial charge in [-0.15, -0.1) is 11.3 Å². The van der Waals surface area contributed by atoms with E-state index in [9.17, 15) is 0 Å². The summed E-state index contributed by atoms with van der Waals surface area (Å²) in [7, 11) is 0. The molecule has 0 radical (unpaired) electrons. The molecule has 1 heterocycles. The topological polar surface area (TPSA) is 38.9 Å². The molecule has 2 N–H and O–H groups in total. The zero-order chi connectivity index (χ0) is 6.69. The maximum absolute atomic E-state index is 5.24. The summed E-state index contributed by atoms with van der Waals surface area (Å²) in [4.78, 5) is 3.97. The maximum atomic E-state index is 5.24. The Morgan fingerprint density at radius 1 is 1.89 bits per heavy atom. The third kappa shape index (κ3) is 2.30. The lowest BCUT2D eigenvalue weighted by atomic mass is 11.0. The van der Waals surface area contributed by atoms with Gasteiger partial charge >= 0.3 is 0 Å². The molecule has 1 aromatic heterocycles. The summed E-state index contributed by atoms with van der Waals surface area (Å²) in [6.45, 7) is 0. The first-order chi connectivity index (χ1) is 4.29. The van der Waals surface area contributed by atoms with Crippen molar-refractivity contribution in [1.82, 2.24) is 4.98 Å². The fourth-order valence-electron chi connectivity index (χ4n) is 0.347. The average Bonchev–Trinajstić information content (AvgIpc) is 2.15. The van der Waals surface area contributed by atoms with Crippen molar-refractivity contribution in [2.24, 2.45) is 5.73 Å². The number of nitrogens with two attached hydrogens (primary N) is 1. The van der Waals surface area contributed by atoms with Crippen LogP contribution in [-0.2, 0) is 0 Å². The van der Waals surface area contributed by atoms with Gasteiger partial charge in [-0.2, -0.15) is 0 Å². The summed E-state index contributed by atoms with van der Waals surface area (Å²) in [6.07, 6.45) is 1.73. The van der Waals surface area contributed by atoms with Gasteiger partial charge in [0.2, 0.25) is 0 Å². The van der Waals surface area contributed by atoms with Gasteiger partial charge in [-0.1, -0.05) is 12.2 Å². The summed E-state index contributed by atoms with van der Waals surface area (Å²) in [5.74, 6) is 0. The van der Waals surface area contributed by atoms with E-state index < -0.39 is 0 Å². The normalized spacial score (nSPS) is 9.33. The largest absolute Gasteiger partial charge is 0.384 e. The molecular weight excluding hydrogens is 172 g/mol. The highest BCUT2D eigenvalue weighted by Gasteiger charge is 1.95. The second-order valence-corrected chi connectivity index (χ2v) is 4.10. The molecule has 2 nitrogen and oxygen atoms in total. The molecular formula is C4H4N2S3. The SMILES string of the molecule is NC(=S)Sc1nccs1. The Labute approximate surface area is 66.5 Å². The van der Waals surface area contributed by atoms with Crippen molar-refractivity contribution >= 4 is 39.6 Å². The number of thioether (sulfide) groups is 1. The van der Waals surface area contributed by atoms with Crippen LogP contribution in [0.1, 0.15) is 0 Å². The molecule has 0 aliphatic heterocycles. The van der Waals surface area contributed by atoms with Gasteiger partial charge < -0.3 is 5.73 Å². The van der Waals surface area contributed by atoms with Gasteiger partial charge in [-0.3, -0.25) is 0 Å². The highest BCUT2D eigenvalue weighted by molar-refractivity contribution is 8.23. The van der Waals surface area contributed by atoms with E-state index in [1.807, 2.05) is 5.38 Å². The van der Waals surface area contributed by atoms with Crippen LogP contribution in [0.3, 0.4) is 0 Å². The number of aromatic nitrogens is 1. The molecule has 0 unspecified atom stereocenters. The second kappa shape index (κ2) is 3.14. The Balaban J connectivity index is 2.58. The van der Waals surface area contributed by atoms with Crippen LogP contribution in [0.25, 0.3) is 0 Å². The van der Waals surface area contributed by atoms with Crippen LogP contribution < -0.4 is 5.73 Å². The third-order valence-electron chi connectivity index (χ3n) is 0.598. The fourth-order valence-corrected chi connectivity index (χ4v) is 2.02. The molecule has 0 saturated carbocycles. The van der Waals surface area contributed by atoms with Crippen molar-refractivity contribution in [3.8, 4) is 0 Å². The fraction of sp³-hybridized carbons (Fsp3) is 0. The zero-order valence-corrected chi connectivity index (χ0v) is 6.85. The average molecular weight is 176 g/mol. The second-order valence-electron chi connectivity index (χ2n) is 1.22. The third-order valence-corrected chi connectivity index (χ3v) is 2.43. The predicted molar refractivity (Wildman–Crippen MR) is 44.8 cm³/mol. The molecule has 0 aliphatic carbocycles. The molecule has 1 aromatic rings. The van der Waals surface area contributed by atoms with Crippen molar-refractivity contribution < 1.29 is 0 Å². The van der Waals surface area contributed by atoms with Gasteiger partial charge in [0.05, 0.1) is 0 Å². The molecule has 0 fully saturated rings. The van der Waals surface area contributed by atoms with Crippen LogP contribution in [0.4, 0.5) is 0 Å². The van der Waals surface area contributed by atoms with E-state index in [1.165, 1.54) is 23.1 Å². The zero-order valence-electron chi connectivity index (χ0n) is 4.40. The Morgan fingerprint density at radius 2 is 2.67 bits per heavy atom. The number of thiazole rings is 1. The number of hydrogen-bond acceptors (Lipinski definition) is 4. The smallest absolute Gasteiger partial charge is 0.156 e. The summed E-state index contributed by atoms with van der Waals surface area (Å²) in [6, 6.07) is 0. The number of hydrogen-bond donors (Lipinski definition) is 1. The van der Waals surface area contributed by atoms with E-state index in [4.69, 9.17) is 5.73 Å². The summed E-state index contributed by atoms with van der Waals surface area (Å²) >= 11 is 7.51. The lowest BCUT2D eigenvalue weighted by molar-refractivity contribution is 1.26. The van der Waals surface area contributed by atoms with Gasteiger partial charge in [0, 0.05) is 11.6 Å². The van der Waals surface area contributed by atoms with Crippen molar-refractivity contribution in [3.05, 3.63) is 11.6 Å². The van der Waals surface area contributed by atoms with Crippen LogP contribution >= 0.6 is 35.3 Å². The lowest BCUT2D eigenvalue weighted by Crippen LogP contribution is -2.00. The van der Waals surface area contributed by atoms with Crippen molar-refractivity contribution in [2.75, 3.05) is 0 Å². The Morgan fingerprint density at radius 3 is 3.11 bits per heavy atom. The Hall–Kier alpha value is -0.130. The molecule has 1 rings (SSSR count). The quantitative estimate of drug-likeness (QED) is 0.519. The van der Waals surface area contributed by atoms with Gasteiger partial charge in [0.25, 0.3) is 0 Å². The van der Waals surface area contributed by atoms with E-state index in [0.29, 0.717) is 4.32 Å². The van der Waals surface area contributed by atoms with Crippen LogP contribution in [0, 0.1) is 0 Å². The van der Waals surface area contributed by atoms with Gasteiger partial charge in [0.1, 0.15) is 4.32 Å². The minimum atomic E-state index is 0.421. The van der Waals surface area contributed by atoms with E-state index in [1.54, 1.807) is 6.20 Å². The molecule has 0 amide bonds. The summed E-state index contributed by atoms with van der Waals surface area (Å²) in [5.41, 5.74) is 5.24. The van der Waals surface area contributed by atoms with Crippen LogP contribution in [0.2, 0.25) is 0 Å². The first kappa shape index (κ1) is 6.98. The van der Waals surface area contributed by atoms with Gasteiger partial charge in [-0.05, 0) is 11.8 Å². The maximum Gasteiger partial charge on any atom is 0.156 e. The molecule has 0 aliphatic rings. The van der Waals surface area contributed by atoms with Crippen molar-refractivity contribution in [3.63, 3.8) is 0 Å². The van der Waals surface area contributed by atoms with E-state index in [0.717, 1.165) is 4.34 Å². The Bertz CT molecular complexity index is 194. The molecule has 0 spiro atoms. The highest BCUT2D eigenvalue weighted by atomic mass is 32.2. The first-order valence-electron chi connectivity index (χ1n) is 2.16. The molecule has 5 heteroatoms. The van der Waals surface area contributed by atoms with E-state index in [2.05, 4.69) is 17.2 Å². The van der Waals surface area contributed by atoms with E-state index >= 15 is 0 Å². The lowest BCUT2D eigenvalue weighted by Gasteiger charge is -1.87. The minimum Gasteiger partial charge on any atom is -0.384 e. The summed E-state index contributed by atoms with van der Waals surface area (Å²) < 4.78 is 1.33. The molecule has 0 atom stereocenters. The number of thiocarbonyl (C=S) groups is 1. The Kier molecular flexibility index (Phi) is 2.44. The molecule has 0 saturated heterocycles. The van der Waals surface area contributed by atoms with Crippen LogP contribution in [0.5, 0.6) is 0 Å². The van der Waals surface area contributed by atoms with Crippen molar-refractivity contribution in [2.45, 2.75) is 4.34 Å². The van der Waals surface area contributed by atoms with Crippen molar-refractivity contribution in [1.29, 1.82) is 0 Å². The molecule has 9 heavy (non-hydrogen) atoms. The minimum absolute atomic E-state index is 0.421. The number of rotatable bonds is 1. The molecule has 0 bridgehead atoms.